The van der Waals surface area contributed by atoms with Crippen molar-refractivity contribution in [2.45, 2.75) is 56.3 Å². The van der Waals surface area contributed by atoms with Crippen LogP contribution in [0.25, 0.3) is 0 Å². The van der Waals surface area contributed by atoms with Gasteiger partial charge in [-0.25, -0.2) is 8.51 Å². The summed E-state index contributed by atoms with van der Waals surface area (Å²) in [5.74, 6) is 0. The van der Waals surface area contributed by atoms with Gasteiger partial charge in [0.05, 0.1) is 21.7 Å². The first-order valence-electron chi connectivity index (χ1n) is 7.86. The van der Waals surface area contributed by atoms with Crippen LogP contribution in [0.3, 0.4) is 0 Å². The number of hydrogen-bond donors (Lipinski definition) is 1. The summed E-state index contributed by atoms with van der Waals surface area (Å²) in [5, 5.41) is 9.76. The summed E-state index contributed by atoms with van der Waals surface area (Å²) < 4.78 is 26.2. The Morgan fingerprint density at radius 2 is 1.52 bits per heavy atom. The molecule has 2 saturated heterocycles. The largest absolute Gasteiger partial charge is 0.494 e. The van der Waals surface area contributed by atoms with Crippen LogP contribution < -0.4 is 5.46 Å². The molecule has 5 nitrogen and oxygen atoms in total. The number of rotatable bonds is 3. The number of aliphatic hydroxyl groups is 1. The minimum absolute atomic E-state index is 0.373. The molecule has 0 aromatic heterocycles. The van der Waals surface area contributed by atoms with Crippen molar-refractivity contribution in [3.05, 3.63) is 24.3 Å². The minimum Gasteiger partial charge on any atom is -0.399 e. The Morgan fingerprint density at radius 3 is 1.96 bits per heavy atom. The quantitative estimate of drug-likeness (QED) is 0.839. The Bertz CT molecular complexity index is 605. The van der Waals surface area contributed by atoms with Gasteiger partial charge in [-0.2, -0.15) is 0 Å². The lowest BCUT2D eigenvalue weighted by Crippen LogP contribution is -2.60. The van der Waals surface area contributed by atoms with E-state index >= 15 is 0 Å². The van der Waals surface area contributed by atoms with Crippen LogP contribution in [0.5, 0.6) is 0 Å². The van der Waals surface area contributed by atoms with Gasteiger partial charge in [-0.3, -0.25) is 0 Å². The highest BCUT2D eigenvalue weighted by atomic mass is 32.2. The van der Waals surface area contributed by atoms with Crippen LogP contribution in [0.2, 0.25) is 0 Å². The predicted octanol–water partition coefficient (Wildman–Crippen LogP) is 1.07. The fourth-order valence-corrected chi connectivity index (χ4v) is 4.16. The van der Waals surface area contributed by atoms with Crippen molar-refractivity contribution in [3.63, 3.8) is 0 Å². The molecule has 2 aliphatic rings. The van der Waals surface area contributed by atoms with Crippen LogP contribution in [0.1, 0.15) is 34.6 Å². The van der Waals surface area contributed by atoms with Gasteiger partial charge < -0.3 is 14.4 Å². The van der Waals surface area contributed by atoms with Crippen LogP contribution >= 0.6 is 0 Å². The van der Waals surface area contributed by atoms with E-state index in [0.717, 1.165) is 10.4 Å². The van der Waals surface area contributed by atoms with E-state index in [4.69, 9.17) is 9.31 Å². The molecule has 0 saturated carbocycles. The SMILES string of the molecule is CC1(O)CN(S(=O)c2ccc(B3OC(C)(C)C(C)(C)O3)cc2)C1. The van der Waals surface area contributed by atoms with Gasteiger partial charge >= 0.3 is 7.12 Å². The Morgan fingerprint density at radius 1 is 1.04 bits per heavy atom. The van der Waals surface area contributed by atoms with Gasteiger partial charge in [0.2, 0.25) is 0 Å². The first kappa shape index (κ1) is 17.1. The molecule has 0 amide bonds. The van der Waals surface area contributed by atoms with Gasteiger partial charge in [0.15, 0.2) is 0 Å². The highest BCUT2D eigenvalue weighted by Crippen LogP contribution is 2.36. The molecule has 1 N–H and O–H groups in total. The molecule has 0 bridgehead atoms. The topological polar surface area (TPSA) is 59.0 Å². The zero-order valence-corrected chi connectivity index (χ0v) is 15.1. The molecule has 7 heteroatoms. The van der Waals surface area contributed by atoms with E-state index in [2.05, 4.69) is 0 Å². The summed E-state index contributed by atoms with van der Waals surface area (Å²) in [6.45, 7) is 10.7. The lowest BCUT2D eigenvalue weighted by atomic mass is 9.79. The summed E-state index contributed by atoms with van der Waals surface area (Å²) in [5.41, 5.74) is -0.553. The van der Waals surface area contributed by atoms with Crippen molar-refractivity contribution >= 4 is 23.6 Å². The third-order valence-corrected chi connectivity index (χ3v) is 6.28. The molecular weight excluding hydrogens is 313 g/mol. The van der Waals surface area contributed by atoms with Crippen molar-refractivity contribution in [1.82, 2.24) is 4.31 Å². The molecule has 1 aromatic rings. The number of nitrogens with zero attached hydrogens (tertiary/aromatic N) is 1. The molecular formula is C16H24BNO4S. The maximum absolute atomic E-state index is 12.4. The maximum atomic E-state index is 12.4. The average Bonchev–Trinajstić information content (AvgIpc) is 2.64. The third kappa shape index (κ3) is 3.13. The van der Waals surface area contributed by atoms with Crippen LogP contribution in [0.15, 0.2) is 29.2 Å². The molecule has 0 radical (unpaired) electrons. The van der Waals surface area contributed by atoms with Crippen LogP contribution in [-0.2, 0) is 20.3 Å². The van der Waals surface area contributed by atoms with E-state index in [9.17, 15) is 9.32 Å². The van der Waals surface area contributed by atoms with Crippen LogP contribution in [0.4, 0.5) is 0 Å². The Labute approximate surface area is 140 Å². The molecule has 23 heavy (non-hydrogen) atoms. The van der Waals surface area contributed by atoms with Crippen molar-refractivity contribution in [2.75, 3.05) is 13.1 Å². The molecule has 0 aliphatic carbocycles. The highest BCUT2D eigenvalue weighted by Gasteiger charge is 2.51. The Kier molecular flexibility index (Phi) is 4.01. The van der Waals surface area contributed by atoms with E-state index in [0.29, 0.717) is 13.1 Å². The molecule has 2 fully saturated rings. The van der Waals surface area contributed by atoms with Gasteiger partial charge in [0, 0.05) is 13.1 Å². The Hall–Kier alpha value is -0.725. The van der Waals surface area contributed by atoms with Crippen LogP contribution in [0, 0.1) is 0 Å². The number of β-amino-alcohol motifs (C(OH)–C–C–N with tert-alkyl or cyclic N) is 1. The lowest BCUT2D eigenvalue weighted by Gasteiger charge is -2.42. The van der Waals surface area contributed by atoms with Gasteiger partial charge in [-0.05, 0) is 52.2 Å². The van der Waals surface area contributed by atoms with Gasteiger partial charge in [0.1, 0.15) is 11.0 Å². The lowest BCUT2D eigenvalue weighted by molar-refractivity contribution is -0.0403. The highest BCUT2D eigenvalue weighted by molar-refractivity contribution is 7.82. The predicted molar refractivity (Wildman–Crippen MR) is 90.8 cm³/mol. The monoisotopic (exact) mass is 337 g/mol. The second-order valence-corrected chi connectivity index (χ2v) is 9.19. The summed E-state index contributed by atoms with van der Waals surface area (Å²) in [4.78, 5) is 0.723. The molecule has 1 unspecified atom stereocenters. The zero-order valence-electron chi connectivity index (χ0n) is 14.3. The fourth-order valence-electron chi connectivity index (χ4n) is 2.70. The zero-order chi connectivity index (χ0) is 17.0. The van der Waals surface area contributed by atoms with E-state index in [1.165, 1.54) is 0 Å². The van der Waals surface area contributed by atoms with E-state index in [1.54, 1.807) is 11.2 Å². The molecule has 1 atom stereocenters. The maximum Gasteiger partial charge on any atom is 0.494 e. The van der Waals surface area contributed by atoms with Crippen LogP contribution in [-0.4, -0.2) is 50.6 Å². The standard InChI is InChI=1S/C16H24BNO4S/c1-14(2)15(3,4)22-17(21-14)12-6-8-13(9-7-12)23(20)18-10-16(5,19)11-18/h6-9,19H,10-11H2,1-5H3. The van der Waals surface area contributed by atoms with E-state index in [1.807, 2.05) is 52.0 Å². The Balaban J connectivity index is 1.70. The molecule has 2 aliphatic heterocycles. The smallest absolute Gasteiger partial charge is 0.399 e. The molecule has 126 valence electrons. The summed E-state index contributed by atoms with van der Waals surface area (Å²) in [6.07, 6.45) is 0. The second kappa shape index (κ2) is 5.39. The first-order valence-corrected chi connectivity index (χ1v) is 8.96. The summed E-state index contributed by atoms with van der Waals surface area (Å²) in [6, 6.07) is 7.47. The van der Waals surface area contributed by atoms with Crippen molar-refractivity contribution in [2.24, 2.45) is 0 Å². The second-order valence-electron chi connectivity index (χ2n) is 7.70. The number of hydrogen-bond acceptors (Lipinski definition) is 4. The molecule has 3 rings (SSSR count). The summed E-state index contributed by atoms with van der Waals surface area (Å²) in [7, 11) is -1.65. The van der Waals surface area contributed by atoms with Gasteiger partial charge in [-0.1, -0.05) is 12.1 Å². The van der Waals surface area contributed by atoms with Gasteiger partial charge in [0.25, 0.3) is 0 Å². The van der Waals surface area contributed by atoms with Crippen molar-refractivity contribution in [1.29, 1.82) is 0 Å². The normalized spacial score (nSPS) is 26.8. The molecule has 0 spiro atoms. The number of benzene rings is 1. The fraction of sp³-hybridized carbons (Fsp3) is 0.625. The molecule has 2 heterocycles. The minimum atomic E-state index is -1.24. The molecule has 1 aromatic carbocycles. The average molecular weight is 337 g/mol. The van der Waals surface area contributed by atoms with E-state index < -0.39 is 23.7 Å². The van der Waals surface area contributed by atoms with E-state index in [-0.39, 0.29) is 11.2 Å². The van der Waals surface area contributed by atoms with Crippen molar-refractivity contribution < 1.29 is 18.6 Å². The van der Waals surface area contributed by atoms with Crippen molar-refractivity contribution in [3.8, 4) is 0 Å². The summed E-state index contributed by atoms with van der Waals surface area (Å²) >= 11 is 0. The van der Waals surface area contributed by atoms with Gasteiger partial charge in [-0.15, -0.1) is 0 Å². The first-order chi connectivity index (χ1) is 10.5. The third-order valence-electron chi connectivity index (χ3n) is 4.88.